The summed E-state index contributed by atoms with van der Waals surface area (Å²) >= 11 is 0. The quantitative estimate of drug-likeness (QED) is 0.625. The number of hydrogen-bond acceptors (Lipinski definition) is 4. The molecule has 0 aliphatic heterocycles. The highest BCUT2D eigenvalue weighted by molar-refractivity contribution is 5.34. The number of aliphatic hydroxyl groups excluding tert-OH is 1. The molecule has 0 aromatic heterocycles. The van der Waals surface area contributed by atoms with Crippen LogP contribution >= 0.6 is 0 Å². The van der Waals surface area contributed by atoms with E-state index in [0.29, 0.717) is 13.1 Å². The lowest BCUT2D eigenvalue weighted by Crippen LogP contribution is -2.14. The molecule has 5 nitrogen and oxygen atoms in total. The molecule has 2 rings (SSSR count). The first kappa shape index (κ1) is 14.2. The van der Waals surface area contributed by atoms with Crippen LogP contribution in [0.15, 0.2) is 48.5 Å². The molecule has 0 bridgehead atoms. The number of aliphatic hydroxyl groups is 1. The molecule has 0 unspecified atom stereocenters. The standard InChI is InChI=1S/C15H16N2O3/c18-11-14-6-2-1-5-13(14)10-16-9-12-4-3-7-15(8-12)17(19)20/h1-8,16,18H,9-11H2. The average molecular weight is 272 g/mol. The lowest BCUT2D eigenvalue weighted by atomic mass is 10.1. The zero-order chi connectivity index (χ0) is 14.4. The van der Waals surface area contributed by atoms with E-state index in [4.69, 9.17) is 0 Å². The van der Waals surface area contributed by atoms with Crippen molar-refractivity contribution in [1.29, 1.82) is 0 Å². The first-order valence-corrected chi connectivity index (χ1v) is 6.32. The van der Waals surface area contributed by atoms with Crippen LogP contribution in [0.1, 0.15) is 16.7 Å². The Bertz CT molecular complexity index is 599. The molecule has 104 valence electrons. The number of non-ortho nitro benzene ring substituents is 1. The highest BCUT2D eigenvalue weighted by Crippen LogP contribution is 2.13. The van der Waals surface area contributed by atoms with E-state index in [1.54, 1.807) is 12.1 Å². The van der Waals surface area contributed by atoms with Crippen molar-refractivity contribution in [3.63, 3.8) is 0 Å². The van der Waals surface area contributed by atoms with Crippen molar-refractivity contribution in [2.45, 2.75) is 19.7 Å². The zero-order valence-electron chi connectivity index (χ0n) is 11.0. The second-order valence-electron chi connectivity index (χ2n) is 4.46. The second-order valence-corrected chi connectivity index (χ2v) is 4.46. The Morgan fingerprint density at radius 3 is 2.50 bits per heavy atom. The van der Waals surface area contributed by atoms with Crippen LogP contribution < -0.4 is 5.32 Å². The van der Waals surface area contributed by atoms with Crippen molar-refractivity contribution in [3.05, 3.63) is 75.3 Å². The van der Waals surface area contributed by atoms with E-state index in [2.05, 4.69) is 5.32 Å². The van der Waals surface area contributed by atoms with Gasteiger partial charge >= 0.3 is 0 Å². The predicted molar refractivity (Wildman–Crippen MR) is 76.0 cm³/mol. The van der Waals surface area contributed by atoms with Crippen LogP contribution in [-0.2, 0) is 19.7 Å². The molecule has 0 atom stereocenters. The van der Waals surface area contributed by atoms with Crippen LogP contribution in [0.5, 0.6) is 0 Å². The smallest absolute Gasteiger partial charge is 0.269 e. The molecule has 0 fully saturated rings. The van der Waals surface area contributed by atoms with Crippen LogP contribution in [0.4, 0.5) is 5.69 Å². The fourth-order valence-electron chi connectivity index (χ4n) is 2.01. The van der Waals surface area contributed by atoms with Gasteiger partial charge in [0.05, 0.1) is 11.5 Å². The molecular weight excluding hydrogens is 256 g/mol. The summed E-state index contributed by atoms with van der Waals surface area (Å²) in [5.41, 5.74) is 2.88. The molecule has 0 heterocycles. The van der Waals surface area contributed by atoms with E-state index in [1.165, 1.54) is 6.07 Å². The van der Waals surface area contributed by atoms with Crippen molar-refractivity contribution in [2.75, 3.05) is 0 Å². The van der Waals surface area contributed by atoms with E-state index >= 15 is 0 Å². The third-order valence-corrected chi connectivity index (χ3v) is 3.05. The van der Waals surface area contributed by atoms with Gasteiger partial charge in [0.15, 0.2) is 0 Å². The normalized spacial score (nSPS) is 10.4. The molecule has 0 saturated carbocycles. The molecule has 0 spiro atoms. The molecule has 5 heteroatoms. The van der Waals surface area contributed by atoms with E-state index < -0.39 is 4.92 Å². The average Bonchev–Trinajstić information content (AvgIpc) is 2.48. The minimum Gasteiger partial charge on any atom is -0.392 e. The first-order valence-electron chi connectivity index (χ1n) is 6.32. The van der Waals surface area contributed by atoms with E-state index in [9.17, 15) is 15.2 Å². The van der Waals surface area contributed by atoms with Gasteiger partial charge in [-0.1, -0.05) is 36.4 Å². The van der Waals surface area contributed by atoms with Crippen molar-refractivity contribution < 1.29 is 10.0 Å². The lowest BCUT2D eigenvalue weighted by molar-refractivity contribution is -0.384. The molecule has 20 heavy (non-hydrogen) atoms. The van der Waals surface area contributed by atoms with Gasteiger partial charge in [-0.2, -0.15) is 0 Å². The van der Waals surface area contributed by atoms with E-state index in [-0.39, 0.29) is 12.3 Å². The third-order valence-electron chi connectivity index (χ3n) is 3.05. The van der Waals surface area contributed by atoms with Gasteiger partial charge in [0.1, 0.15) is 0 Å². The first-order chi connectivity index (χ1) is 9.70. The Morgan fingerprint density at radius 1 is 1.05 bits per heavy atom. The molecule has 0 radical (unpaired) electrons. The Labute approximate surface area is 117 Å². The molecule has 2 aromatic rings. The van der Waals surface area contributed by atoms with Gasteiger partial charge in [0.25, 0.3) is 5.69 Å². The second kappa shape index (κ2) is 6.79. The van der Waals surface area contributed by atoms with Gasteiger partial charge in [-0.3, -0.25) is 10.1 Å². The van der Waals surface area contributed by atoms with Crippen LogP contribution in [0, 0.1) is 10.1 Å². The van der Waals surface area contributed by atoms with Gasteiger partial charge in [-0.25, -0.2) is 0 Å². The fraction of sp³-hybridized carbons (Fsp3) is 0.200. The number of nitrogens with one attached hydrogen (secondary N) is 1. The Balaban J connectivity index is 1.96. The van der Waals surface area contributed by atoms with Gasteiger partial charge in [0, 0.05) is 25.2 Å². The van der Waals surface area contributed by atoms with Crippen LogP contribution in [0.3, 0.4) is 0 Å². The SMILES string of the molecule is O=[N+]([O-])c1cccc(CNCc2ccccc2CO)c1. The number of nitrogens with zero attached hydrogens (tertiary/aromatic N) is 1. The largest absolute Gasteiger partial charge is 0.392 e. The highest BCUT2D eigenvalue weighted by Gasteiger charge is 2.05. The van der Waals surface area contributed by atoms with E-state index in [1.807, 2.05) is 30.3 Å². The van der Waals surface area contributed by atoms with Crippen LogP contribution in [0.2, 0.25) is 0 Å². The summed E-state index contributed by atoms with van der Waals surface area (Å²) in [5.74, 6) is 0. The van der Waals surface area contributed by atoms with Gasteiger partial charge in [-0.15, -0.1) is 0 Å². The minimum absolute atomic E-state index is 0.00859. The lowest BCUT2D eigenvalue weighted by Gasteiger charge is -2.08. The molecule has 2 N–H and O–H groups in total. The number of benzene rings is 2. The summed E-state index contributed by atoms with van der Waals surface area (Å²) in [4.78, 5) is 10.3. The zero-order valence-corrected chi connectivity index (χ0v) is 11.0. The van der Waals surface area contributed by atoms with Gasteiger partial charge < -0.3 is 10.4 Å². The number of rotatable bonds is 6. The van der Waals surface area contributed by atoms with Crippen molar-refractivity contribution in [1.82, 2.24) is 5.32 Å². The third kappa shape index (κ3) is 3.63. The summed E-state index contributed by atoms with van der Waals surface area (Å²) in [6.45, 7) is 1.16. The Kier molecular flexibility index (Phi) is 4.81. The minimum atomic E-state index is -0.398. The maximum atomic E-state index is 10.7. The molecule has 0 saturated heterocycles. The van der Waals surface area contributed by atoms with Gasteiger partial charge in [0.2, 0.25) is 0 Å². The van der Waals surface area contributed by atoms with E-state index in [0.717, 1.165) is 16.7 Å². The summed E-state index contributed by atoms with van der Waals surface area (Å²) in [7, 11) is 0. The molecule has 2 aromatic carbocycles. The fourth-order valence-corrected chi connectivity index (χ4v) is 2.01. The molecule has 0 aliphatic rings. The topological polar surface area (TPSA) is 75.4 Å². The predicted octanol–water partition coefficient (Wildman–Crippen LogP) is 2.38. The van der Waals surface area contributed by atoms with Crippen LogP contribution in [0.25, 0.3) is 0 Å². The van der Waals surface area contributed by atoms with Crippen LogP contribution in [-0.4, -0.2) is 10.0 Å². The number of nitro benzene ring substituents is 1. The van der Waals surface area contributed by atoms with Crippen molar-refractivity contribution in [2.24, 2.45) is 0 Å². The summed E-state index contributed by atoms with van der Waals surface area (Å²) in [5, 5.41) is 23.1. The number of nitro groups is 1. The molecular formula is C15H16N2O3. The van der Waals surface area contributed by atoms with Gasteiger partial charge in [-0.05, 0) is 16.7 Å². The maximum Gasteiger partial charge on any atom is 0.269 e. The number of hydrogen-bond donors (Lipinski definition) is 2. The molecule has 0 amide bonds. The summed E-state index contributed by atoms with van der Waals surface area (Å²) in [6.07, 6.45) is 0. The Hall–Kier alpha value is -2.24. The summed E-state index contributed by atoms with van der Waals surface area (Å²) in [6, 6.07) is 14.2. The van der Waals surface area contributed by atoms with Crippen molar-refractivity contribution >= 4 is 5.69 Å². The summed E-state index contributed by atoms with van der Waals surface area (Å²) < 4.78 is 0. The maximum absolute atomic E-state index is 10.7. The van der Waals surface area contributed by atoms with Crippen molar-refractivity contribution in [3.8, 4) is 0 Å². The Morgan fingerprint density at radius 2 is 1.80 bits per heavy atom. The highest BCUT2D eigenvalue weighted by atomic mass is 16.6. The monoisotopic (exact) mass is 272 g/mol. The molecule has 0 aliphatic carbocycles.